The third kappa shape index (κ3) is 2.23. The van der Waals surface area contributed by atoms with Crippen LogP contribution in [-0.2, 0) is 0 Å². The van der Waals surface area contributed by atoms with Gasteiger partial charge in [-0.05, 0) is 12.8 Å². The van der Waals surface area contributed by atoms with Crippen LogP contribution < -0.4 is 4.74 Å². The molecule has 0 amide bonds. The molecule has 0 aromatic carbocycles. The fourth-order valence-corrected chi connectivity index (χ4v) is 1.33. The zero-order valence-corrected chi connectivity index (χ0v) is 9.24. The number of methoxy groups -OCH3 is 1. The Morgan fingerprint density at radius 2 is 2.00 bits per heavy atom. The Kier molecular flexibility index (Phi) is 3.24. The van der Waals surface area contributed by atoms with E-state index in [2.05, 4.69) is 9.97 Å². The van der Waals surface area contributed by atoms with E-state index in [1.54, 1.807) is 6.92 Å². The van der Waals surface area contributed by atoms with Crippen molar-refractivity contribution in [2.45, 2.75) is 26.7 Å². The van der Waals surface area contributed by atoms with E-state index in [4.69, 9.17) is 9.84 Å². The minimum absolute atomic E-state index is 0.0201. The van der Waals surface area contributed by atoms with E-state index in [-0.39, 0.29) is 17.4 Å². The molecule has 0 aliphatic carbocycles. The number of hydrogen-bond acceptors (Lipinski definition) is 4. The molecule has 1 heterocycles. The van der Waals surface area contributed by atoms with Crippen molar-refractivity contribution < 1.29 is 14.6 Å². The number of carboxylic acids is 1. The molecule has 0 fully saturated rings. The molecule has 82 valence electrons. The standard InChI is InChI=1S/C10H14N2O3/c1-5(2)8-7(10(13)14)9(15-4)12-6(3)11-8/h5H,1-4H3,(H,13,14). The summed E-state index contributed by atoms with van der Waals surface area (Å²) >= 11 is 0. The van der Waals surface area contributed by atoms with Crippen molar-refractivity contribution in [1.82, 2.24) is 9.97 Å². The molecule has 1 N–H and O–H groups in total. The van der Waals surface area contributed by atoms with E-state index in [0.717, 1.165) is 0 Å². The van der Waals surface area contributed by atoms with Crippen molar-refractivity contribution in [1.29, 1.82) is 0 Å². The van der Waals surface area contributed by atoms with Gasteiger partial charge in [-0.1, -0.05) is 13.8 Å². The van der Waals surface area contributed by atoms with E-state index < -0.39 is 5.97 Å². The quantitative estimate of drug-likeness (QED) is 0.820. The Morgan fingerprint density at radius 1 is 1.40 bits per heavy atom. The number of aryl methyl sites for hydroxylation is 1. The molecule has 5 nitrogen and oxygen atoms in total. The second kappa shape index (κ2) is 4.25. The molecule has 0 saturated heterocycles. The van der Waals surface area contributed by atoms with Crippen LogP contribution in [-0.4, -0.2) is 28.2 Å². The molecule has 15 heavy (non-hydrogen) atoms. The van der Waals surface area contributed by atoms with Gasteiger partial charge in [-0.25, -0.2) is 9.78 Å². The second-order valence-corrected chi connectivity index (χ2v) is 3.50. The average molecular weight is 210 g/mol. The first kappa shape index (κ1) is 11.4. The molecule has 1 rings (SSSR count). The smallest absolute Gasteiger partial charge is 0.343 e. The number of rotatable bonds is 3. The van der Waals surface area contributed by atoms with Gasteiger partial charge in [0.05, 0.1) is 12.8 Å². The Labute approximate surface area is 88.1 Å². The third-order valence-corrected chi connectivity index (χ3v) is 1.97. The van der Waals surface area contributed by atoms with Gasteiger partial charge in [0.25, 0.3) is 0 Å². The highest BCUT2D eigenvalue weighted by Gasteiger charge is 2.21. The van der Waals surface area contributed by atoms with Crippen LogP contribution in [0.4, 0.5) is 0 Å². The molecule has 0 saturated carbocycles. The molecule has 0 aliphatic heterocycles. The maximum Gasteiger partial charge on any atom is 0.343 e. The van der Waals surface area contributed by atoms with Crippen LogP contribution in [0.2, 0.25) is 0 Å². The normalized spacial score (nSPS) is 10.5. The molecular formula is C10H14N2O3. The van der Waals surface area contributed by atoms with Crippen LogP contribution in [0.5, 0.6) is 5.88 Å². The van der Waals surface area contributed by atoms with Gasteiger partial charge in [-0.3, -0.25) is 0 Å². The predicted molar refractivity (Wildman–Crippen MR) is 54.4 cm³/mol. The average Bonchev–Trinajstić information content (AvgIpc) is 2.15. The molecule has 0 spiro atoms. The minimum Gasteiger partial charge on any atom is -0.480 e. The maximum atomic E-state index is 11.1. The van der Waals surface area contributed by atoms with Crippen molar-refractivity contribution >= 4 is 5.97 Å². The fraction of sp³-hybridized carbons (Fsp3) is 0.500. The van der Waals surface area contributed by atoms with Crippen LogP contribution in [0.1, 0.15) is 41.6 Å². The summed E-state index contributed by atoms with van der Waals surface area (Å²) in [4.78, 5) is 19.1. The van der Waals surface area contributed by atoms with Crippen LogP contribution in [0.3, 0.4) is 0 Å². The summed E-state index contributed by atoms with van der Waals surface area (Å²) in [6.45, 7) is 5.47. The molecule has 1 aromatic rings. The van der Waals surface area contributed by atoms with Crippen molar-refractivity contribution in [3.63, 3.8) is 0 Å². The van der Waals surface area contributed by atoms with Gasteiger partial charge in [-0.15, -0.1) is 0 Å². The van der Waals surface area contributed by atoms with Crippen molar-refractivity contribution in [2.24, 2.45) is 0 Å². The highest BCUT2D eigenvalue weighted by atomic mass is 16.5. The fourth-order valence-electron chi connectivity index (χ4n) is 1.33. The van der Waals surface area contributed by atoms with Gasteiger partial charge in [0.15, 0.2) is 0 Å². The predicted octanol–water partition coefficient (Wildman–Crippen LogP) is 1.62. The summed E-state index contributed by atoms with van der Waals surface area (Å²) in [5, 5.41) is 9.06. The van der Waals surface area contributed by atoms with E-state index in [0.29, 0.717) is 11.5 Å². The molecule has 5 heteroatoms. The maximum absolute atomic E-state index is 11.1. The molecule has 0 unspecified atom stereocenters. The van der Waals surface area contributed by atoms with E-state index in [1.807, 2.05) is 13.8 Å². The van der Waals surface area contributed by atoms with E-state index >= 15 is 0 Å². The van der Waals surface area contributed by atoms with Crippen LogP contribution in [0.25, 0.3) is 0 Å². The van der Waals surface area contributed by atoms with Crippen molar-refractivity contribution in [2.75, 3.05) is 7.11 Å². The Morgan fingerprint density at radius 3 is 2.40 bits per heavy atom. The van der Waals surface area contributed by atoms with E-state index in [9.17, 15) is 4.79 Å². The van der Waals surface area contributed by atoms with Gasteiger partial charge < -0.3 is 9.84 Å². The lowest BCUT2D eigenvalue weighted by atomic mass is 10.0. The molecule has 0 bridgehead atoms. The monoisotopic (exact) mass is 210 g/mol. The SMILES string of the molecule is COc1nc(C)nc(C(C)C)c1C(=O)O. The lowest BCUT2D eigenvalue weighted by molar-refractivity contribution is 0.0690. The van der Waals surface area contributed by atoms with E-state index in [1.165, 1.54) is 7.11 Å². The number of carbonyl (C=O) groups is 1. The molecule has 0 aliphatic rings. The number of carboxylic acid groups (broad SMARTS) is 1. The minimum atomic E-state index is -1.06. The molecular weight excluding hydrogens is 196 g/mol. The Hall–Kier alpha value is -1.65. The molecule has 0 radical (unpaired) electrons. The summed E-state index contributed by atoms with van der Waals surface area (Å²) < 4.78 is 4.95. The highest BCUT2D eigenvalue weighted by molar-refractivity contribution is 5.91. The van der Waals surface area contributed by atoms with Crippen LogP contribution in [0.15, 0.2) is 0 Å². The summed E-state index contributed by atoms with van der Waals surface area (Å²) in [5.74, 6) is -0.401. The summed E-state index contributed by atoms with van der Waals surface area (Å²) in [5.41, 5.74) is 0.560. The summed E-state index contributed by atoms with van der Waals surface area (Å²) in [7, 11) is 1.40. The first-order valence-electron chi connectivity index (χ1n) is 4.63. The van der Waals surface area contributed by atoms with Crippen LogP contribution in [0, 0.1) is 6.92 Å². The first-order valence-corrected chi connectivity index (χ1v) is 4.63. The number of ether oxygens (including phenoxy) is 1. The Bertz CT molecular complexity index is 388. The second-order valence-electron chi connectivity index (χ2n) is 3.50. The van der Waals surface area contributed by atoms with Crippen molar-refractivity contribution in [3.05, 3.63) is 17.1 Å². The zero-order valence-electron chi connectivity index (χ0n) is 9.24. The highest BCUT2D eigenvalue weighted by Crippen LogP contribution is 2.24. The van der Waals surface area contributed by atoms with Gasteiger partial charge in [-0.2, -0.15) is 4.98 Å². The summed E-state index contributed by atoms with van der Waals surface area (Å²) in [6.07, 6.45) is 0. The molecule has 1 aromatic heterocycles. The third-order valence-electron chi connectivity index (χ3n) is 1.97. The number of hydrogen-bond donors (Lipinski definition) is 1. The topological polar surface area (TPSA) is 72.3 Å². The number of aromatic carboxylic acids is 1. The lowest BCUT2D eigenvalue weighted by Crippen LogP contribution is -2.12. The largest absolute Gasteiger partial charge is 0.480 e. The lowest BCUT2D eigenvalue weighted by Gasteiger charge is -2.12. The summed E-state index contributed by atoms with van der Waals surface area (Å²) in [6, 6.07) is 0. The zero-order chi connectivity index (χ0) is 11.6. The number of aromatic nitrogens is 2. The molecule has 0 atom stereocenters. The van der Waals surface area contributed by atoms with Crippen LogP contribution >= 0.6 is 0 Å². The van der Waals surface area contributed by atoms with Gasteiger partial charge in [0.2, 0.25) is 5.88 Å². The van der Waals surface area contributed by atoms with Gasteiger partial charge in [0, 0.05) is 0 Å². The van der Waals surface area contributed by atoms with Gasteiger partial charge >= 0.3 is 5.97 Å². The van der Waals surface area contributed by atoms with Crippen molar-refractivity contribution in [3.8, 4) is 5.88 Å². The number of nitrogens with zero attached hydrogens (tertiary/aromatic N) is 2. The first-order chi connectivity index (χ1) is 6.97. The van der Waals surface area contributed by atoms with Gasteiger partial charge in [0.1, 0.15) is 11.4 Å². The Balaban J connectivity index is 3.47.